The van der Waals surface area contributed by atoms with Crippen molar-refractivity contribution in [3.05, 3.63) is 103 Å². The standard InChI is InChI=1S/C32H32N4O4S/c1-3-4-20-35(41(38,39)29-19-14-24-10-8-9-13-26(24)21-29)23-32(37)33-31-22-30(25-11-6-5-7-12-25)34-36(31)27-15-17-28(40-2)18-16-27/h5-19,21-22H,3-4,20,23H2,1-2H3,(H,33,37). The van der Waals surface area contributed by atoms with Crippen LogP contribution in [0.1, 0.15) is 19.8 Å². The average Bonchev–Trinajstić information content (AvgIpc) is 3.42. The molecule has 5 aromatic rings. The van der Waals surface area contributed by atoms with Gasteiger partial charge in [-0.05, 0) is 53.6 Å². The predicted octanol–water partition coefficient (Wildman–Crippen LogP) is 6.13. The summed E-state index contributed by atoms with van der Waals surface area (Å²) >= 11 is 0. The van der Waals surface area contributed by atoms with Gasteiger partial charge in [-0.2, -0.15) is 9.40 Å². The van der Waals surface area contributed by atoms with Crippen molar-refractivity contribution < 1.29 is 17.9 Å². The highest BCUT2D eigenvalue weighted by molar-refractivity contribution is 7.89. The maximum Gasteiger partial charge on any atom is 0.243 e. The molecule has 0 atom stereocenters. The van der Waals surface area contributed by atoms with Crippen molar-refractivity contribution in [2.75, 3.05) is 25.5 Å². The van der Waals surface area contributed by atoms with Crippen LogP contribution < -0.4 is 10.1 Å². The number of aromatic nitrogens is 2. The van der Waals surface area contributed by atoms with Gasteiger partial charge >= 0.3 is 0 Å². The monoisotopic (exact) mass is 568 g/mol. The van der Waals surface area contributed by atoms with E-state index in [4.69, 9.17) is 9.84 Å². The number of unbranched alkanes of at least 4 members (excludes halogenated alkanes) is 1. The molecule has 0 saturated carbocycles. The molecular weight excluding hydrogens is 536 g/mol. The molecule has 41 heavy (non-hydrogen) atoms. The lowest BCUT2D eigenvalue weighted by molar-refractivity contribution is -0.116. The Balaban J connectivity index is 1.44. The topological polar surface area (TPSA) is 93.5 Å². The molecule has 1 amide bonds. The fourth-order valence-electron chi connectivity index (χ4n) is 4.58. The number of hydrogen-bond donors (Lipinski definition) is 1. The number of ether oxygens (including phenoxy) is 1. The van der Waals surface area contributed by atoms with E-state index in [1.54, 1.807) is 36.1 Å². The first-order valence-electron chi connectivity index (χ1n) is 13.5. The largest absolute Gasteiger partial charge is 0.497 e. The molecule has 0 unspecified atom stereocenters. The van der Waals surface area contributed by atoms with Crippen molar-refractivity contribution in [1.82, 2.24) is 14.1 Å². The second-order valence-corrected chi connectivity index (χ2v) is 11.6. The van der Waals surface area contributed by atoms with Gasteiger partial charge < -0.3 is 10.1 Å². The van der Waals surface area contributed by atoms with Gasteiger partial charge in [-0.25, -0.2) is 13.1 Å². The van der Waals surface area contributed by atoms with Gasteiger partial charge in [0.1, 0.15) is 11.6 Å². The molecule has 8 nitrogen and oxygen atoms in total. The fourth-order valence-corrected chi connectivity index (χ4v) is 6.05. The second-order valence-electron chi connectivity index (χ2n) is 9.64. The van der Waals surface area contributed by atoms with Crippen LogP contribution in [0, 0.1) is 0 Å². The minimum Gasteiger partial charge on any atom is -0.497 e. The molecule has 0 aliphatic rings. The second kappa shape index (κ2) is 12.4. The summed E-state index contributed by atoms with van der Waals surface area (Å²) in [5.41, 5.74) is 2.27. The van der Waals surface area contributed by atoms with Gasteiger partial charge in [0.15, 0.2) is 0 Å². The summed E-state index contributed by atoms with van der Waals surface area (Å²) in [6.45, 7) is 1.88. The molecule has 5 rings (SSSR count). The zero-order chi connectivity index (χ0) is 28.8. The molecule has 0 fully saturated rings. The SMILES string of the molecule is CCCCN(CC(=O)Nc1cc(-c2ccccc2)nn1-c1ccc(OC)cc1)S(=O)(=O)c1ccc2ccccc2c1. The van der Waals surface area contributed by atoms with E-state index in [0.29, 0.717) is 23.7 Å². The first-order chi connectivity index (χ1) is 19.9. The third-order valence-corrected chi connectivity index (χ3v) is 8.64. The number of sulfonamides is 1. The van der Waals surface area contributed by atoms with Crippen LogP contribution in [0.3, 0.4) is 0 Å². The third-order valence-electron chi connectivity index (χ3n) is 6.80. The number of fused-ring (bicyclic) bond motifs is 1. The summed E-state index contributed by atoms with van der Waals surface area (Å²) in [5, 5.41) is 9.43. The minimum absolute atomic E-state index is 0.162. The van der Waals surface area contributed by atoms with Crippen molar-refractivity contribution >= 4 is 32.5 Å². The van der Waals surface area contributed by atoms with Crippen LogP contribution in [0.25, 0.3) is 27.7 Å². The molecule has 0 bridgehead atoms. The third kappa shape index (κ3) is 6.32. The summed E-state index contributed by atoms with van der Waals surface area (Å²) in [6.07, 6.45) is 1.41. The number of amides is 1. The van der Waals surface area contributed by atoms with E-state index in [1.807, 2.05) is 85.8 Å². The number of carbonyl (C=O) groups is 1. The van der Waals surface area contributed by atoms with E-state index in [2.05, 4.69) is 5.32 Å². The molecule has 1 aromatic heterocycles. The van der Waals surface area contributed by atoms with Crippen molar-refractivity contribution in [1.29, 1.82) is 0 Å². The lowest BCUT2D eigenvalue weighted by Gasteiger charge is -2.22. The predicted molar refractivity (Wildman–Crippen MR) is 162 cm³/mol. The van der Waals surface area contributed by atoms with Crippen LogP contribution >= 0.6 is 0 Å². The van der Waals surface area contributed by atoms with Crippen LogP contribution in [0.4, 0.5) is 5.82 Å². The van der Waals surface area contributed by atoms with Crippen LogP contribution in [-0.2, 0) is 14.8 Å². The Bertz CT molecular complexity index is 1750. The van der Waals surface area contributed by atoms with Crippen molar-refractivity contribution in [3.63, 3.8) is 0 Å². The molecule has 210 valence electrons. The van der Waals surface area contributed by atoms with E-state index in [1.165, 1.54) is 4.31 Å². The lowest BCUT2D eigenvalue weighted by atomic mass is 10.1. The number of hydrogen-bond acceptors (Lipinski definition) is 5. The number of rotatable bonds is 11. The first-order valence-corrected chi connectivity index (χ1v) is 14.9. The summed E-state index contributed by atoms with van der Waals surface area (Å²) in [6, 6.07) is 31.4. The minimum atomic E-state index is -3.92. The van der Waals surface area contributed by atoms with E-state index in [0.717, 1.165) is 28.4 Å². The van der Waals surface area contributed by atoms with E-state index >= 15 is 0 Å². The lowest BCUT2D eigenvalue weighted by Crippen LogP contribution is -2.38. The molecule has 0 spiro atoms. The summed E-state index contributed by atoms with van der Waals surface area (Å²) in [7, 11) is -2.33. The van der Waals surface area contributed by atoms with Gasteiger partial charge in [-0.1, -0.05) is 74.0 Å². The summed E-state index contributed by atoms with van der Waals surface area (Å²) < 4.78 is 35.6. The number of nitrogens with zero attached hydrogens (tertiary/aromatic N) is 3. The molecule has 0 saturated heterocycles. The number of methoxy groups -OCH3 is 1. The van der Waals surface area contributed by atoms with Gasteiger partial charge in [0, 0.05) is 18.2 Å². The number of benzene rings is 4. The highest BCUT2D eigenvalue weighted by Gasteiger charge is 2.27. The smallest absolute Gasteiger partial charge is 0.243 e. The molecule has 0 aliphatic heterocycles. The maximum absolute atomic E-state index is 13.7. The van der Waals surface area contributed by atoms with E-state index in [9.17, 15) is 13.2 Å². The summed E-state index contributed by atoms with van der Waals surface area (Å²) in [5.74, 6) is 0.664. The Morgan fingerprint density at radius 1 is 0.902 bits per heavy atom. The van der Waals surface area contributed by atoms with Crippen LogP contribution in [0.2, 0.25) is 0 Å². The van der Waals surface area contributed by atoms with Gasteiger partial charge in [-0.3, -0.25) is 4.79 Å². The Hall–Kier alpha value is -4.47. The maximum atomic E-state index is 13.7. The molecule has 1 heterocycles. The summed E-state index contributed by atoms with van der Waals surface area (Å²) in [4.78, 5) is 13.6. The van der Waals surface area contributed by atoms with Gasteiger partial charge in [0.2, 0.25) is 15.9 Å². The fraction of sp³-hybridized carbons (Fsp3) is 0.188. The van der Waals surface area contributed by atoms with E-state index < -0.39 is 15.9 Å². The molecule has 0 radical (unpaired) electrons. The van der Waals surface area contributed by atoms with Crippen LogP contribution in [-0.4, -0.2) is 48.6 Å². The van der Waals surface area contributed by atoms with Crippen molar-refractivity contribution in [3.8, 4) is 22.7 Å². The number of nitrogens with one attached hydrogen (secondary N) is 1. The van der Waals surface area contributed by atoms with Crippen molar-refractivity contribution in [2.24, 2.45) is 0 Å². The Morgan fingerprint density at radius 2 is 1.61 bits per heavy atom. The average molecular weight is 569 g/mol. The highest BCUT2D eigenvalue weighted by Crippen LogP contribution is 2.27. The Kier molecular flexibility index (Phi) is 8.47. The zero-order valence-electron chi connectivity index (χ0n) is 23.0. The Labute approximate surface area is 240 Å². The number of anilines is 1. The molecule has 4 aromatic carbocycles. The highest BCUT2D eigenvalue weighted by atomic mass is 32.2. The zero-order valence-corrected chi connectivity index (χ0v) is 23.8. The molecular formula is C32H32N4O4S. The molecule has 9 heteroatoms. The normalized spacial score (nSPS) is 11.6. The molecule has 1 N–H and O–H groups in total. The van der Waals surface area contributed by atoms with Gasteiger partial charge in [0.25, 0.3) is 0 Å². The van der Waals surface area contributed by atoms with Gasteiger partial charge in [0.05, 0.1) is 29.9 Å². The number of carbonyl (C=O) groups excluding carboxylic acids is 1. The van der Waals surface area contributed by atoms with E-state index in [-0.39, 0.29) is 18.0 Å². The van der Waals surface area contributed by atoms with Gasteiger partial charge in [-0.15, -0.1) is 0 Å². The first kappa shape index (κ1) is 28.1. The Morgan fingerprint density at radius 3 is 2.32 bits per heavy atom. The van der Waals surface area contributed by atoms with Crippen molar-refractivity contribution in [2.45, 2.75) is 24.7 Å². The molecule has 0 aliphatic carbocycles. The van der Waals surface area contributed by atoms with Crippen LogP contribution in [0.5, 0.6) is 5.75 Å². The quantitative estimate of drug-likeness (QED) is 0.207. The van der Waals surface area contributed by atoms with Crippen LogP contribution in [0.15, 0.2) is 108 Å².